The predicted molar refractivity (Wildman–Crippen MR) is 94.7 cm³/mol. The summed E-state index contributed by atoms with van der Waals surface area (Å²) in [7, 11) is 0. The number of hydrogen-bond donors (Lipinski definition) is 1. The maximum atomic E-state index is 12.6. The highest BCUT2D eigenvalue weighted by molar-refractivity contribution is 7.15. The molecule has 4 rings (SSSR count). The summed E-state index contributed by atoms with van der Waals surface area (Å²) in [4.78, 5) is 20.6. The molecule has 0 unspecified atom stereocenters. The number of nitrogens with one attached hydrogen (secondary N) is 1. The van der Waals surface area contributed by atoms with E-state index < -0.39 is 0 Å². The van der Waals surface area contributed by atoms with Gasteiger partial charge in [0, 0.05) is 18.0 Å². The third-order valence-electron chi connectivity index (χ3n) is 4.56. The summed E-state index contributed by atoms with van der Waals surface area (Å²) < 4.78 is 0. The number of anilines is 2. The van der Waals surface area contributed by atoms with Crippen molar-refractivity contribution < 1.29 is 4.79 Å². The van der Waals surface area contributed by atoms with E-state index in [0.29, 0.717) is 11.7 Å². The number of rotatable bonds is 3. The standard InChI is InChI=1S/C16H18ClN5OS/c17-13-6-7-14(21-20-13)22-8-2-3-10(9-22)15(23)19-16-18-11-4-1-5-12(11)24-16/h6-7,10H,1-5,8-9H2,(H,18,19,23)/t10-/m1/s1. The Hall–Kier alpha value is -1.73. The van der Waals surface area contributed by atoms with Gasteiger partial charge in [-0.15, -0.1) is 21.5 Å². The minimum absolute atomic E-state index is 0.0500. The third-order valence-corrected chi connectivity index (χ3v) is 5.83. The second-order valence-corrected chi connectivity index (χ2v) is 7.70. The van der Waals surface area contributed by atoms with Gasteiger partial charge in [0.15, 0.2) is 16.1 Å². The van der Waals surface area contributed by atoms with Crippen molar-refractivity contribution in [3.63, 3.8) is 0 Å². The maximum Gasteiger partial charge on any atom is 0.231 e. The smallest absolute Gasteiger partial charge is 0.231 e. The Kier molecular flexibility index (Phi) is 4.37. The number of carbonyl (C=O) groups excluding carboxylic acids is 1. The van der Waals surface area contributed by atoms with Crippen molar-refractivity contribution in [1.82, 2.24) is 15.2 Å². The van der Waals surface area contributed by atoms with E-state index in [1.54, 1.807) is 17.4 Å². The van der Waals surface area contributed by atoms with Crippen LogP contribution in [0.15, 0.2) is 12.1 Å². The average molecular weight is 364 g/mol. The van der Waals surface area contributed by atoms with Gasteiger partial charge in [0.2, 0.25) is 5.91 Å². The summed E-state index contributed by atoms with van der Waals surface area (Å²) in [6, 6.07) is 3.58. The van der Waals surface area contributed by atoms with Crippen LogP contribution in [0.3, 0.4) is 0 Å². The number of carbonyl (C=O) groups is 1. The number of thiazole rings is 1. The molecular formula is C16H18ClN5OS. The van der Waals surface area contributed by atoms with E-state index in [9.17, 15) is 4.79 Å². The summed E-state index contributed by atoms with van der Waals surface area (Å²) in [6.45, 7) is 1.53. The molecule has 0 radical (unpaired) electrons. The molecule has 1 fully saturated rings. The lowest BCUT2D eigenvalue weighted by Crippen LogP contribution is -2.41. The summed E-state index contributed by atoms with van der Waals surface area (Å²) in [5.41, 5.74) is 1.16. The molecule has 126 valence electrons. The Labute approximate surface area is 149 Å². The first kappa shape index (κ1) is 15.8. The number of fused-ring (bicyclic) bond motifs is 1. The number of amides is 1. The van der Waals surface area contributed by atoms with E-state index in [1.807, 2.05) is 6.07 Å². The van der Waals surface area contributed by atoms with Crippen LogP contribution in [0.1, 0.15) is 29.8 Å². The Morgan fingerprint density at radius 1 is 1.29 bits per heavy atom. The molecule has 0 bridgehead atoms. The molecule has 2 aliphatic rings. The second kappa shape index (κ2) is 6.64. The number of aromatic nitrogens is 3. The summed E-state index contributed by atoms with van der Waals surface area (Å²) in [5, 5.41) is 12.1. The molecule has 1 atom stereocenters. The SMILES string of the molecule is O=C(Nc1nc2c(s1)CCC2)[C@@H]1CCCN(c2ccc(Cl)nn2)C1. The number of halogens is 1. The van der Waals surface area contributed by atoms with Gasteiger partial charge in [0.25, 0.3) is 0 Å². The zero-order valence-electron chi connectivity index (χ0n) is 13.2. The van der Waals surface area contributed by atoms with Crippen molar-refractivity contribution in [2.45, 2.75) is 32.1 Å². The van der Waals surface area contributed by atoms with E-state index in [4.69, 9.17) is 11.6 Å². The van der Waals surface area contributed by atoms with Crippen LogP contribution < -0.4 is 10.2 Å². The minimum atomic E-state index is -0.0602. The van der Waals surface area contributed by atoms with Crippen molar-refractivity contribution in [2.24, 2.45) is 5.92 Å². The summed E-state index contributed by atoms with van der Waals surface area (Å²) in [6.07, 6.45) is 5.15. The lowest BCUT2D eigenvalue weighted by Gasteiger charge is -2.32. The van der Waals surface area contributed by atoms with Crippen molar-refractivity contribution >= 4 is 39.8 Å². The van der Waals surface area contributed by atoms with Crippen LogP contribution in [0.25, 0.3) is 0 Å². The zero-order valence-corrected chi connectivity index (χ0v) is 14.7. The van der Waals surface area contributed by atoms with Crippen LogP contribution in [0.5, 0.6) is 0 Å². The third kappa shape index (κ3) is 3.23. The topological polar surface area (TPSA) is 71.0 Å². The molecular weight excluding hydrogens is 346 g/mol. The molecule has 8 heteroatoms. The fourth-order valence-corrected chi connectivity index (χ4v) is 4.48. The largest absolute Gasteiger partial charge is 0.354 e. The molecule has 0 aromatic carbocycles. The highest BCUT2D eigenvalue weighted by Gasteiger charge is 2.28. The number of aryl methyl sites for hydroxylation is 2. The maximum absolute atomic E-state index is 12.6. The van der Waals surface area contributed by atoms with Crippen molar-refractivity contribution in [1.29, 1.82) is 0 Å². The zero-order chi connectivity index (χ0) is 16.5. The molecule has 6 nitrogen and oxygen atoms in total. The lowest BCUT2D eigenvalue weighted by atomic mass is 9.97. The van der Waals surface area contributed by atoms with Gasteiger partial charge >= 0.3 is 0 Å². The Bertz CT molecular complexity index is 726. The van der Waals surface area contributed by atoms with E-state index >= 15 is 0 Å². The first-order valence-electron chi connectivity index (χ1n) is 8.22. The van der Waals surface area contributed by atoms with Crippen LogP contribution in [0, 0.1) is 5.92 Å². The van der Waals surface area contributed by atoms with Gasteiger partial charge in [-0.1, -0.05) is 11.6 Å². The number of piperidine rings is 1. The molecule has 0 spiro atoms. The van der Waals surface area contributed by atoms with Gasteiger partial charge in [-0.2, -0.15) is 0 Å². The van der Waals surface area contributed by atoms with Crippen LogP contribution in [-0.4, -0.2) is 34.2 Å². The first-order valence-corrected chi connectivity index (χ1v) is 9.42. The average Bonchev–Trinajstić information content (AvgIpc) is 3.17. The van der Waals surface area contributed by atoms with Gasteiger partial charge < -0.3 is 10.2 Å². The Balaban J connectivity index is 1.41. The monoisotopic (exact) mass is 363 g/mol. The number of nitrogens with zero attached hydrogens (tertiary/aromatic N) is 4. The highest BCUT2D eigenvalue weighted by Crippen LogP contribution is 2.31. The number of hydrogen-bond acceptors (Lipinski definition) is 6. The van der Waals surface area contributed by atoms with E-state index in [2.05, 4.69) is 25.4 Å². The van der Waals surface area contributed by atoms with Gasteiger partial charge in [-0.05, 0) is 44.2 Å². The van der Waals surface area contributed by atoms with E-state index in [1.165, 1.54) is 11.3 Å². The van der Waals surface area contributed by atoms with Crippen LogP contribution in [0.2, 0.25) is 5.15 Å². The van der Waals surface area contributed by atoms with Gasteiger partial charge in [0.1, 0.15) is 0 Å². The van der Waals surface area contributed by atoms with Crippen molar-refractivity contribution in [3.05, 3.63) is 27.9 Å². The molecule has 2 aromatic rings. The molecule has 0 saturated carbocycles. The Morgan fingerprint density at radius 3 is 3.00 bits per heavy atom. The minimum Gasteiger partial charge on any atom is -0.354 e. The molecule has 24 heavy (non-hydrogen) atoms. The van der Waals surface area contributed by atoms with Crippen LogP contribution >= 0.6 is 22.9 Å². The molecule has 1 saturated heterocycles. The van der Waals surface area contributed by atoms with Gasteiger partial charge in [-0.3, -0.25) is 4.79 Å². The van der Waals surface area contributed by atoms with E-state index in [0.717, 1.165) is 48.9 Å². The van der Waals surface area contributed by atoms with Gasteiger partial charge in [0.05, 0.1) is 11.6 Å². The first-order chi connectivity index (χ1) is 11.7. The summed E-state index contributed by atoms with van der Waals surface area (Å²) in [5.74, 6) is 0.758. The second-order valence-electron chi connectivity index (χ2n) is 6.23. The van der Waals surface area contributed by atoms with Crippen LogP contribution in [-0.2, 0) is 17.6 Å². The van der Waals surface area contributed by atoms with Crippen molar-refractivity contribution in [3.8, 4) is 0 Å². The fraction of sp³-hybridized carbons (Fsp3) is 0.500. The summed E-state index contributed by atoms with van der Waals surface area (Å²) >= 11 is 7.41. The molecule has 1 aliphatic carbocycles. The van der Waals surface area contributed by atoms with Crippen LogP contribution in [0.4, 0.5) is 10.9 Å². The normalized spacial score (nSPS) is 20.0. The molecule has 1 N–H and O–H groups in total. The molecule has 3 heterocycles. The van der Waals surface area contributed by atoms with E-state index in [-0.39, 0.29) is 11.8 Å². The lowest BCUT2D eigenvalue weighted by molar-refractivity contribution is -0.120. The fourth-order valence-electron chi connectivity index (χ4n) is 3.33. The molecule has 1 aliphatic heterocycles. The molecule has 2 aromatic heterocycles. The predicted octanol–water partition coefficient (Wildman–Crippen LogP) is 2.93. The quantitative estimate of drug-likeness (QED) is 0.907. The Morgan fingerprint density at radius 2 is 2.21 bits per heavy atom. The van der Waals surface area contributed by atoms with Crippen molar-refractivity contribution in [2.75, 3.05) is 23.3 Å². The highest BCUT2D eigenvalue weighted by atomic mass is 35.5. The molecule has 1 amide bonds. The van der Waals surface area contributed by atoms with Gasteiger partial charge in [-0.25, -0.2) is 4.98 Å².